The highest BCUT2D eigenvalue weighted by atomic mass is 16.5. The highest BCUT2D eigenvalue weighted by molar-refractivity contribution is 5.78. The zero-order chi connectivity index (χ0) is 16.8. The molecule has 1 aliphatic carbocycles. The second-order valence-corrected chi connectivity index (χ2v) is 6.76. The van der Waals surface area contributed by atoms with Gasteiger partial charge in [-0.2, -0.15) is 4.98 Å². The number of pyridine rings is 1. The first-order chi connectivity index (χ1) is 12.3. The monoisotopic (exact) mass is 338 g/mol. The van der Waals surface area contributed by atoms with Gasteiger partial charge >= 0.3 is 0 Å². The summed E-state index contributed by atoms with van der Waals surface area (Å²) in [6, 6.07) is 3.76. The first-order valence-electron chi connectivity index (χ1n) is 8.73. The molecule has 3 aromatic heterocycles. The van der Waals surface area contributed by atoms with E-state index >= 15 is 0 Å². The van der Waals surface area contributed by atoms with Gasteiger partial charge in [-0.15, -0.1) is 10.2 Å². The van der Waals surface area contributed by atoms with Gasteiger partial charge in [-0.3, -0.25) is 9.20 Å². The van der Waals surface area contributed by atoms with E-state index in [1.54, 1.807) is 0 Å². The van der Waals surface area contributed by atoms with Crippen molar-refractivity contribution in [3.8, 4) is 11.5 Å². The molecule has 0 unspecified atom stereocenters. The maximum atomic E-state index is 12.3. The molecule has 0 N–H and O–H groups in total. The number of rotatable bonds is 4. The van der Waals surface area contributed by atoms with Gasteiger partial charge in [-0.05, 0) is 37.8 Å². The normalized spacial score (nSPS) is 17.5. The fraction of sp³-hybridized carbons (Fsp3) is 0.471. The highest BCUT2D eigenvalue weighted by Crippen LogP contribution is 2.38. The molecule has 1 saturated carbocycles. The van der Waals surface area contributed by atoms with Gasteiger partial charge < -0.3 is 9.42 Å². The van der Waals surface area contributed by atoms with Crippen LogP contribution in [0.25, 0.3) is 17.1 Å². The summed E-state index contributed by atoms with van der Waals surface area (Å²) in [6.45, 7) is 1.69. The second kappa shape index (κ2) is 5.65. The zero-order valence-electron chi connectivity index (χ0n) is 13.8. The van der Waals surface area contributed by atoms with Crippen LogP contribution in [0.1, 0.15) is 43.3 Å². The third-order valence-electron chi connectivity index (χ3n) is 4.88. The Balaban J connectivity index is 1.40. The number of hydrogen-bond donors (Lipinski definition) is 0. The molecule has 0 aromatic carbocycles. The standard InChI is InChI=1S/C17H18N6O2/c24-15(22-6-1-2-7-22)10-14-20-19-13-9-12(5-8-23(13)14)17-18-16(21-25-17)11-3-4-11/h5,8-9,11H,1-4,6-7,10H2. The molecule has 8 heteroatoms. The van der Waals surface area contributed by atoms with Crippen LogP contribution < -0.4 is 0 Å². The van der Waals surface area contributed by atoms with Gasteiger partial charge in [0.2, 0.25) is 5.91 Å². The average Bonchev–Trinajstić information content (AvgIpc) is 3.08. The summed E-state index contributed by atoms with van der Waals surface area (Å²) in [7, 11) is 0. The van der Waals surface area contributed by atoms with Crippen LogP contribution in [0.5, 0.6) is 0 Å². The van der Waals surface area contributed by atoms with Crippen molar-refractivity contribution in [2.75, 3.05) is 13.1 Å². The lowest BCUT2D eigenvalue weighted by molar-refractivity contribution is -0.129. The fourth-order valence-corrected chi connectivity index (χ4v) is 3.27. The van der Waals surface area contributed by atoms with Crippen LogP contribution in [0.15, 0.2) is 22.9 Å². The number of likely N-dealkylation sites (tertiary alicyclic amines) is 1. The molecular weight excluding hydrogens is 320 g/mol. The van der Waals surface area contributed by atoms with Crippen LogP contribution in [-0.4, -0.2) is 48.6 Å². The Labute approximate surface area is 143 Å². The summed E-state index contributed by atoms with van der Waals surface area (Å²) in [5.41, 5.74) is 1.49. The number of hydrogen-bond acceptors (Lipinski definition) is 6. The summed E-state index contributed by atoms with van der Waals surface area (Å²) in [6.07, 6.45) is 6.57. The molecule has 0 radical (unpaired) electrons. The minimum absolute atomic E-state index is 0.113. The van der Waals surface area contributed by atoms with Crippen molar-refractivity contribution < 1.29 is 9.32 Å². The van der Waals surface area contributed by atoms with Crippen molar-refractivity contribution in [1.82, 2.24) is 29.6 Å². The summed E-state index contributed by atoms with van der Waals surface area (Å²) in [4.78, 5) is 18.7. The van der Waals surface area contributed by atoms with E-state index in [1.807, 2.05) is 27.6 Å². The van der Waals surface area contributed by atoms with E-state index in [9.17, 15) is 4.79 Å². The number of fused-ring (bicyclic) bond motifs is 1. The molecule has 2 aliphatic rings. The molecule has 8 nitrogen and oxygen atoms in total. The molecule has 3 aromatic rings. The van der Waals surface area contributed by atoms with Crippen molar-refractivity contribution in [3.05, 3.63) is 30.0 Å². The van der Waals surface area contributed by atoms with Crippen LogP contribution in [0.2, 0.25) is 0 Å². The summed E-state index contributed by atoms with van der Waals surface area (Å²) in [5.74, 6) is 2.51. The molecule has 4 heterocycles. The summed E-state index contributed by atoms with van der Waals surface area (Å²) >= 11 is 0. The van der Waals surface area contributed by atoms with Gasteiger partial charge in [0.15, 0.2) is 11.5 Å². The lowest BCUT2D eigenvalue weighted by atomic mass is 10.2. The first-order valence-corrected chi connectivity index (χ1v) is 8.73. The predicted octanol–water partition coefficient (Wildman–Crippen LogP) is 1.82. The maximum absolute atomic E-state index is 12.3. The zero-order valence-corrected chi connectivity index (χ0v) is 13.8. The Morgan fingerprint density at radius 3 is 2.88 bits per heavy atom. The molecule has 1 amide bonds. The minimum Gasteiger partial charge on any atom is -0.342 e. The van der Waals surface area contributed by atoms with E-state index in [0.717, 1.165) is 50.2 Å². The van der Waals surface area contributed by atoms with Crippen LogP contribution in [0, 0.1) is 0 Å². The van der Waals surface area contributed by atoms with Crippen LogP contribution in [0.3, 0.4) is 0 Å². The highest BCUT2D eigenvalue weighted by Gasteiger charge is 2.29. The van der Waals surface area contributed by atoms with Gasteiger partial charge in [0.25, 0.3) is 5.89 Å². The lowest BCUT2D eigenvalue weighted by Gasteiger charge is -2.14. The maximum Gasteiger partial charge on any atom is 0.258 e. The van der Waals surface area contributed by atoms with Gasteiger partial charge in [0.05, 0.1) is 6.42 Å². The van der Waals surface area contributed by atoms with Gasteiger partial charge in [-0.25, -0.2) is 0 Å². The molecule has 0 bridgehead atoms. The summed E-state index contributed by atoms with van der Waals surface area (Å²) in [5, 5.41) is 12.4. The predicted molar refractivity (Wildman–Crippen MR) is 87.8 cm³/mol. The van der Waals surface area contributed by atoms with Gasteiger partial charge in [0.1, 0.15) is 5.82 Å². The van der Waals surface area contributed by atoms with Crippen molar-refractivity contribution >= 4 is 11.6 Å². The molecule has 2 fully saturated rings. The molecule has 25 heavy (non-hydrogen) atoms. The molecule has 5 rings (SSSR count). The second-order valence-electron chi connectivity index (χ2n) is 6.76. The first kappa shape index (κ1) is 14.6. The van der Waals surface area contributed by atoms with E-state index in [2.05, 4.69) is 20.3 Å². The number of carbonyl (C=O) groups excluding carboxylic acids is 1. The SMILES string of the molecule is O=C(Cc1nnc2cc(-c3nc(C4CC4)no3)ccn12)N1CCCC1. The molecule has 1 aliphatic heterocycles. The van der Waals surface area contributed by atoms with Gasteiger partial charge in [-0.1, -0.05) is 5.16 Å². The quantitative estimate of drug-likeness (QED) is 0.721. The van der Waals surface area contributed by atoms with E-state index in [4.69, 9.17) is 4.52 Å². The third kappa shape index (κ3) is 2.67. The Hall–Kier alpha value is -2.77. The molecule has 0 spiro atoms. The average molecular weight is 338 g/mol. The Bertz CT molecular complexity index is 936. The molecule has 1 saturated heterocycles. The van der Waals surface area contributed by atoms with Crippen LogP contribution in [0.4, 0.5) is 0 Å². The third-order valence-corrected chi connectivity index (χ3v) is 4.88. The van der Waals surface area contributed by atoms with E-state index in [0.29, 0.717) is 23.3 Å². The van der Waals surface area contributed by atoms with E-state index in [1.165, 1.54) is 0 Å². The van der Waals surface area contributed by atoms with Crippen LogP contribution in [-0.2, 0) is 11.2 Å². The largest absolute Gasteiger partial charge is 0.342 e. The molecular formula is C17H18N6O2. The Kier molecular flexibility index (Phi) is 3.29. The van der Waals surface area contributed by atoms with Gasteiger partial charge in [0, 0.05) is 30.8 Å². The number of amides is 1. The summed E-state index contributed by atoms with van der Waals surface area (Å²) < 4.78 is 7.20. The van der Waals surface area contributed by atoms with E-state index < -0.39 is 0 Å². The van der Waals surface area contributed by atoms with Crippen molar-refractivity contribution in [2.24, 2.45) is 0 Å². The lowest BCUT2D eigenvalue weighted by Crippen LogP contribution is -2.29. The number of aromatic nitrogens is 5. The minimum atomic E-state index is 0.113. The molecule has 128 valence electrons. The topological polar surface area (TPSA) is 89.4 Å². The van der Waals surface area contributed by atoms with Crippen molar-refractivity contribution in [3.63, 3.8) is 0 Å². The number of carbonyl (C=O) groups is 1. The smallest absolute Gasteiger partial charge is 0.258 e. The van der Waals surface area contributed by atoms with E-state index in [-0.39, 0.29) is 12.3 Å². The Morgan fingerprint density at radius 2 is 2.08 bits per heavy atom. The number of nitrogens with zero attached hydrogens (tertiary/aromatic N) is 6. The molecule has 0 atom stereocenters. The fourth-order valence-electron chi connectivity index (χ4n) is 3.27. The van der Waals surface area contributed by atoms with Crippen molar-refractivity contribution in [2.45, 2.75) is 38.0 Å². The Morgan fingerprint density at radius 1 is 1.24 bits per heavy atom. The van der Waals surface area contributed by atoms with Crippen LogP contribution >= 0.6 is 0 Å². The van der Waals surface area contributed by atoms with Crippen molar-refractivity contribution in [1.29, 1.82) is 0 Å².